The van der Waals surface area contributed by atoms with Crippen molar-refractivity contribution in [1.82, 2.24) is 14.8 Å². The molecule has 0 bridgehead atoms. The first-order valence-corrected chi connectivity index (χ1v) is 9.44. The monoisotopic (exact) mass is 382 g/mol. The number of hydrogen-bond donors (Lipinski definition) is 0. The average molecular weight is 382 g/mol. The van der Waals surface area contributed by atoms with Gasteiger partial charge in [0.05, 0.1) is 0 Å². The third kappa shape index (κ3) is 5.22. The second-order valence-corrected chi connectivity index (χ2v) is 6.98. The van der Waals surface area contributed by atoms with E-state index in [0.29, 0.717) is 18.6 Å². The Kier molecular flexibility index (Phi) is 6.47. The van der Waals surface area contributed by atoms with Gasteiger partial charge in [-0.25, -0.2) is 4.79 Å². The van der Waals surface area contributed by atoms with Gasteiger partial charge in [0.2, 0.25) is 5.91 Å². The summed E-state index contributed by atoms with van der Waals surface area (Å²) in [5, 5.41) is 0. The topological polar surface area (TPSA) is 66.0 Å². The Balaban J connectivity index is 1.44. The number of aryl methyl sites for hydroxylation is 1. The molecular weight excluding hydrogens is 356 g/mol. The number of aromatic nitrogens is 1. The summed E-state index contributed by atoms with van der Waals surface area (Å²) in [5.41, 5.74) is 2.20. The van der Waals surface area contributed by atoms with E-state index >= 15 is 0 Å². The molecule has 1 saturated heterocycles. The molecule has 0 N–H and O–H groups in total. The summed E-state index contributed by atoms with van der Waals surface area (Å²) in [6.45, 7) is 3.14. The Labute approximate surface area is 165 Å². The normalized spacial score (nSPS) is 13.9. The molecule has 0 atom stereocenters. The molecule has 1 fully saturated rings. The van der Waals surface area contributed by atoms with Crippen molar-refractivity contribution in [3.05, 3.63) is 54.4 Å². The van der Waals surface area contributed by atoms with E-state index in [4.69, 9.17) is 4.74 Å². The molecule has 3 rings (SSSR count). The van der Waals surface area contributed by atoms with Crippen LogP contribution >= 0.6 is 0 Å². The predicted octanol–water partition coefficient (Wildman–Crippen LogP) is 2.42. The smallest absolute Gasteiger partial charge is 0.410 e. The van der Waals surface area contributed by atoms with Gasteiger partial charge in [0.15, 0.2) is 0 Å². The first kappa shape index (κ1) is 19.7. The van der Waals surface area contributed by atoms with E-state index in [9.17, 15) is 9.59 Å². The van der Waals surface area contributed by atoms with Gasteiger partial charge in [-0.15, -0.1) is 0 Å². The Morgan fingerprint density at radius 2 is 1.64 bits per heavy atom. The van der Waals surface area contributed by atoms with E-state index in [-0.39, 0.29) is 5.91 Å². The SMILES string of the molecule is CN(C)C(=O)Oc1ccc(CCC(=O)N2CCN(c3ccncc3)CC2)cc1. The van der Waals surface area contributed by atoms with Crippen LogP contribution in [0.25, 0.3) is 0 Å². The van der Waals surface area contributed by atoms with Crippen molar-refractivity contribution in [2.45, 2.75) is 12.8 Å². The lowest BCUT2D eigenvalue weighted by Crippen LogP contribution is -2.48. The summed E-state index contributed by atoms with van der Waals surface area (Å²) in [6.07, 6.45) is 4.32. The van der Waals surface area contributed by atoms with E-state index in [1.54, 1.807) is 38.6 Å². The number of carbonyl (C=O) groups excluding carboxylic acids is 2. The number of pyridine rings is 1. The molecule has 1 aliphatic heterocycles. The number of benzene rings is 1. The maximum atomic E-state index is 12.5. The quantitative estimate of drug-likeness (QED) is 0.795. The van der Waals surface area contributed by atoms with Gasteiger partial charge in [0.25, 0.3) is 0 Å². The Hall–Kier alpha value is -3.09. The van der Waals surface area contributed by atoms with Crippen LogP contribution in [0.3, 0.4) is 0 Å². The van der Waals surface area contributed by atoms with Crippen LogP contribution in [-0.4, -0.2) is 67.1 Å². The summed E-state index contributed by atoms with van der Waals surface area (Å²) in [6, 6.07) is 11.3. The number of piperazine rings is 1. The molecule has 0 radical (unpaired) electrons. The molecule has 7 nitrogen and oxygen atoms in total. The Bertz CT molecular complexity index is 785. The highest BCUT2D eigenvalue weighted by atomic mass is 16.6. The molecular formula is C21H26N4O3. The molecule has 28 heavy (non-hydrogen) atoms. The zero-order chi connectivity index (χ0) is 19.9. The predicted molar refractivity (Wildman–Crippen MR) is 108 cm³/mol. The highest BCUT2D eigenvalue weighted by Gasteiger charge is 2.21. The number of amides is 2. The molecule has 7 heteroatoms. The van der Waals surface area contributed by atoms with Crippen LogP contribution in [0.2, 0.25) is 0 Å². The van der Waals surface area contributed by atoms with Gasteiger partial charge in [-0.1, -0.05) is 12.1 Å². The lowest BCUT2D eigenvalue weighted by Gasteiger charge is -2.36. The third-order valence-electron chi connectivity index (χ3n) is 4.78. The van der Waals surface area contributed by atoms with Crippen molar-refractivity contribution in [2.24, 2.45) is 0 Å². The van der Waals surface area contributed by atoms with Crippen LogP contribution < -0.4 is 9.64 Å². The summed E-state index contributed by atoms with van der Waals surface area (Å²) < 4.78 is 5.20. The van der Waals surface area contributed by atoms with E-state index in [1.165, 1.54) is 4.90 Å². The van der Waals surface area contributed by atoms with Crippen LogP contribution in [-0.2, 0) is 11.2 Å². The Morgan fingerprint density at radius 1 is 1.00 bits per heavy atom. The molecule has 1 aromatic carbocycles. The zero-order valence-electron chi connectivity index (χ0n) is 16.4. The van der Waals surface area contributed by atoms with Gasteiger partial charge in [-0.05, 0) is 36.2 Å². The van der Waals surface area contributed by atoms with Gasteiger partial charge >= 0.3 is 6.09 Å². The number of anilines is 1. The number of hydrogen-bond acceptors (Lipinski definition) is 5. The summed E-state index contributed by atoms with van der Waals surface area (Å²) in [4.78, 5) is 33.7. The third-order valence-corrected chi connectivity index (χ3v) is 4.78. The van der Waals surface area contributed by atoms with E-state index in [0.717, 1.165) is 37.4 Å². The minimum atomic E-state index is -0.408. The second-order valence-electron chi connectivity index (χ2n) is 6.98. The van der Waals surface area contributed by atoms with Crippen molar-refractivity contribution in [1.29, 1.82) is 0 Å². The molecule has 0 spiro atoms. The minimum absolute atomic E-state index is 0.178. The van der Waals surface area contributed by atoms with Gasteiger partial charge in [-0.3, -0.25) is 9.78 Å². The maximum absolute atomic E-state index is 12.5. The largest absolute Gasteiger partial charge is 0.414 e. The standard InChI is InChI=1S/C21H26N4O3/c1-23(2)21(27)28-19-6-3-17(4-7-19)5-8-20(26)25-15-13-24(14-16-25)18-9-11-22-12-10-18/h3-4,6-7,9-12H,5,8,13-16H2,1-2H3. The fraction of sp³-hybridized carbons (Fsp3) is 0.381. The van der Waals surface area contributed by atoms with Crippen molar-refractivity contribution < 1.29 is 14.3 Å². The molecule has 2 aromatic rings. The van der Waals surface area contributed by atoms with Crippen molar-refractivity contribution in [3.63, 3.8) is 0 Å². The Morgan fingerprint density at radius 3 is 2.25 bits per heavy atom. The zero-order valence-corrected chi connectivity index (χ0v) is 16.4. The summed E-state index contributed by atoms with van der Waals surface area (Å²) >= 11 is 0. The minimum Gasteiger partial charge on any atom is -0.410 e. The van der Waals surface area contributed by atoms with Gasteiger partial charge in [-0.2, -0.15) is 0 Å². The maximum Gasteiger partial charge on any atom is 0.414 e. The molecule has 2 heterocycles. The molecule has 1 aromatic heterocycles. The average Bonchev–Trinajstić information content (AvgIpc) is 2.73. The van der Waals surface area contributed by atoms with Gasteiger partial charge < -0.3 is 19.4 Å². The van der Waals surface area contributed by atoms with Crippen molar-refractivity contribution >= 4 is 17.7 Å². The highest BCUT2D eigenvalue weighted by molar-refractivity contribution is 5.77. The van der Waals surface area contributed by atoms with Gasteiger partial charge in [0, 0.05) is 64.8 Å². The highest BCUT2D eigenvalue weighted by Crippen LogP contribution is 2.17. The van der Waals surface area contributed by atoms with E-state index in [2.05, 4.69) is 9.88 Å². The fourth-order valence-electron chi connectivity index (χ4n) is 3.09. The summed E-state index contributed by atoms with van der Waals surface area (Å²) in [5.74, 6) is 0.679. The molecule has 2 amide bonds. The number of rotatable bonds is 5. The fourth-order valence-corrected chi connectivity index (χ4v) is 3.09. The van der Waals surface area contributed by atoms with Crippen LogP contribution in [0.1, 0.15) is 12.0 Å². The number of nitrogens with zero attached hydrogens (tertiary/aromatic N) is 4. The van der Waals surface area contributed by atoms with Crippen molar-refractivity contribution in [3.8, 4) is 5.75 Å². The van der Waals surface area contributed by atoms with Crippen molar-refractivity contribution in [2.75, 3.05) is 45.2 Å². The van der Waals surface area contributed by atoms with Crippen LogP contribution in [0, 0.1) is 0 Å². The van der Waals surface area contributed by atoms with Crippen LogP contribution in [0.5, 0.6) is 5.75 Å². The molecule has 0 aliphatic carbocycles. The second kappa shape index (κ2) is 9.21. The lowest BCUT2D eigenvalue weighted by molar-refractivity contribution is -0.131. The van der Waals surface area contributed by atoms with E-state index in [1.807, 2.05) is 29.2 Å². The van der Waals surface area contributed by atoms with Crippen LogP contribution in [0.4, 0.5) is 10.5 Å². The lowest BCUT2D eigenvalue weighted by atomic mass is 10.1. The molecule has 0 saturated carbocycles. The number of carbonyl (C=O) groups is 2. The van der Waals surface area contributed by atoms with Gasteiger partial charge in [0.1, 0.15) is 5.75 Å². The first-order chi connectivity index (χ1) is 13.5. The number of ether oxygens (including phenoxy) is 1. The molecule has 148 valence electrons. The molecule has 0 unspecified atom stereocenters. The molecule has 1 aliphatic rings. The first-order valence-electron chi connectivity index (χ1n) is 9.44. The summed E-state index contributed by atoms with van der Waals surface area (Å²) in [7, 11) is 3.28. The van der Waals surface area contributed by atoms with E-state index < -0.39 is 6.09 Å². The van der Waals surface area contributed by atoms with Crippen LogP contribution in [0.15, 0.2) is 48.8 Å².